The highest BCUT2D eigenvalue weighted by Gasteiger charge is 2.24. The van der Waals surface area contributed by atoms with Crippen molar-refractivity contribution in [3.8, 4) is 11.5 Å². The van der Waals surface area contributed by atoms with Gasteiger partial charge >= 0.3 is 0 Å². The highest BCUT2D eigenvalue weighted by Crippen LogP contribution is 2.18. The number of nitrogens with one attached hydrogen (secondary N) is 1. The highest BCUT2D eigenvalue weighted by atomic mass is 16.3. The van der Waals surface area contributed by atoms with E-state index in [0.29, 0.717) is 19.0 Å². The zero-order valence-corrected chi connectivity index (χ0v) is 17.6. The number of oxazole rings is 1. The molecule has 1 N–H and O–H groups in total. The Balaban J connectivity index is 1.24. The van der Waals surface area contributed by atoms with Crippen LogP contribution >= 0.6 is 0 Å². The standard InChI is InChI=1S/C22H30N6O2/c1-23-22(24-15-19-17-30-21(25-19)18-7-3-2-4-8-18)28-13-11-26(12-14-28)16-20(29)27-9-5-6-10-27/h2-4,7-8,17H,5-6,9-16H2,1H3,(H,23,24). The van der Waals surface area contributed by atoms with E-state index >= 15 is 0 Å². The van der Waals surface area contributed by atoms with E-state index in [9.17, 15) is 4.79 Å². The summed E-state index contributed by atoms with van der Waals surface area (Å²) in [6, 6.07) is 9.88. The van der Waals surface area contributed by atoms with E-state index in [1.54, 1.807) is 13.3 Å². The van der Waals surface area contributed by atoms with Gasteiger partial charge in [-0.05, 0) is 25.0 Å². The number of carbonyl (C=O) groups excluding carboxylic acids is 1. The fraction of sp³-hybridized carbons (Fsp3) is 0.500. The Morgan fingerprint density at radius 2 is 1.80 bits per heavy atom. The third kappa shape index (κ3) is 4.99. The quantitative estimate of drug-likeness (QED) is 0.597. The van der Waals surface area contributed by atoms with Crippen molar-refractivity contribution >= 4 is 11.9 Å². The van der Waals surface area contributed by atoms with Gasteiger partial charge in [-0.3, -0.25) is 14.7 Å². The summed E-state index contributed by atoms with van der Waals surface area (Å²) in [6.07, 6.45) is 3.96. The first-order valence-corrected chi connectivity index (χ1v) is 10.7. The second-order valence-corrected chi connectivity index (χ2v) is 7.76. The molecule has 0 saturated carbocycles. The summed E-state index contributed by atoms with van der Waals surface area (Å²) in [7, 11) is 1.80. The van der Waals surface area contributed by atoms with Crippen LogP contribution in [-0.2, 0) is 11.3 Å². The fourth-order valence-electron chi connectivity index (χ4n) is 3.98. The molecule has 0 unspecified atom stereocenters. The number of piperazine rings is 1. The highest BCUT2D eigenvalue weighted by molar-refractivity contribution is 5.80. The number of nitrogens with zero attached hydrogens (tertiary/aromatic N) is 5. The maximum Gasteiger partial charge on any atom is 0.236 e. The topological polar surface area (TPSA) is 77.2 Å². The number of aliphatic imine (C=N–C) groups is 1. The van der Waals surface area contributed by atoms with Crippen molar-refractivity contribution in [2.24, 2.45) is 4.99 Å². The van der Waals surface area contributed by atoms with Gasteiger partial charge in [-0.25, -0.2) is 4.98 Å². The van der Waals surface area contributed by atoms with Crippen LogP contribution in [0.1, 0.15) is 18.5 Å². The largest absolute Gasteiger partial charge is 0.444 e. The second kappa shape index (κ2) is 9.75. The second-order valence-electron chi connectivity index (χ2n) is 7.76. The van der Waals surface area contributed by atoms with Crippen molar-refractivity contribution in [2.75, 3.05) is 52.9 Å². The van der Waals surface area contributed by atoms with Crippen molar-refractivity contribution < 1.29 is 9.21 Å². The lowest BCUT2D eigenvalue weighted by molar-refractivity contribution is -0.131. The summed E-state index contributed by atoms with van der Waals surface area (Å²) in [4.78, 5) is 27.8. The SMILES string of the molecule is CN=C(NCc1coc(-c2ccccc2)n1)N1CCN(CC(=O)N2CCCC2)CC1. The van der Waals surface area contributed by atoms with Gasteiger partial charge < -0.3 is 19.5 Å². The van der Waals surface area contributed by atoms with Crippen molar-refractivity contribution in [3.63, 3.8) is 0 Å². The van der Waals surface area contributed by atoms with Gasteiger partial charge in [0.1, 0.15) is 6.26 Å². The van der Waals surface area contributed by atoms with Gasteiger partial charge in [0.25, 0.3) is 0 Å². The molecule has 8 heteroatoms. The van der Waals surface area contributed by atoms with Gasteiger partial charge in [0.05, 0.1) is 18.8 Å². The van der Waals surface area contributed by atoms with Crippen LogP contribution in [0.15, 0.2) is 46.0 Å². The van der Waals surface area contributed by atoms with Crippen LogP contribution in [0.3, 0.4) is 0 Å². The number of guanidine groups is 1. The van der Waals surface area contributed by atoms with E-state index < -0.39 is 0 Å². The Bertz CT molecular complexity index is 852. The summed E-state index contributed by atoms with van der Waals surface area (Å²) in [5, 5.41) is 3.38. The van der Waals surface area contributed by atoms with E-state index in [-0.39, 0.29) is 5.91 Å². The molecule has 1 aromatic heterocycles. The van der Waals surface area contributed by atoms with Crippen LogP contribution in [0.2, 0.25) is 0 Å². The zero-order chi connectivity index (χ0) is 20.8. The monoisotopic (exact) mass is 410 g/mol. The number of carbonyl (C=O) groups is 1. The molecule has 1 aromatic carbocycles. The molecule has 8 nitrogen and oxygen atoms in total. The molecule has 2 saturated heterocycles. The number of aromatic nitrogens is 1. The predicted octanol–water partition coefficient (Wildman–Crippen LogP) is 1.66. The summed E-state index contributed by atoms with van der Waals surface area (Å²) in [5.74, 6) is 1.74. The smallest absolute Gasteiger partial charge is 0.236 e. The molecular weight excluding hydrogens is 380 g/mol. The van der Waals surface area contributed by atoms with Crippen LogP contribution in [0.4, 0.5) is 0 Å². The van der Waals surface area contributed by atoms with Gasteiger partial charge in [-0.1, -0.05) is 18.2 Å². The fourth-order valence-corrected chi connectivity index (χ4v) is 3.98. The first-order chi connectivity index (χ1) is 14.7. The van der Waals surface area contributed by atoms with E-state index in [0.717, 1.165) is 69.3 Å². The molecule has 1 amide bonds. The molecule has 0 spiro atoms. The third-order valence-corrected chi connectivity index (χ3v) is 5.70. The van der Waals surface area contributed by atoms with Gasteiger partial charge in [0.2, 0.25) is 11.8 Å². The summed E-state index contributed by atoms with van der Waals surface area (Å²) in [5.41, 5.74) is 1.80. The lowest BCUT2D eigenvalue weighted by Crippen LogP contribution is -2.54. The Morgan fingerprint density at radius 3 is 2.50 bits per heavy atom. The number of hydrogen-bond donors (Lipinski definition) is 1. The first kappa shape index (κ1) is 20.4. The zero-order valence-electron chi connectivity index (χ0n) is 17.6. The van der Waals surface area contributed by atoms with Crippen molar-refractivity contribution in [1.29, 1.82) is 0 Å². The predicted molar refractivity (Wildman–Crippen MR) is 116 cm³/mol. The maximum atomic E-state index is 12.4. The average molecular weight is 411 g/mol. The Labute approximate surface area is 177 Å². The van der Waals surface area contributed by atoms with Gasteiger partial charge in [0, 0.05) is 51.9 Å². The van der Waals surface area contributed by atoms with Crippen LogP contribution in [0.25, 0.3) is 11.5 Å². The molecule has 160 valence electrons. The Hall–Kier alpha value is -2.87. The van der Waals surface area contributed by atoms with E-state index in [1.807, 2.05) is 35.2 Å². The summed E-state index contributed by atoms with van der Waals surface area (Å²) < 4.78 is 5.61. The number of likely N-dealkylation sites (tertiary alicyclic amines) is 1. The minimum atomic E-state index is 0.267. The van der Waals surface area contributed by atoms with Crippen LogP contribution in [0, 0.1) is 0 Å². The lowest BCUT2D eigenvalue weighted by atomic mass is 10.2. The molecule has 2 aliphatic rings. The molecule has 2 aliphatic heterocycles. The average Bonchev–Trinajstić information content (AvgIpc) is 3.48. The Kier molecular flexibility index (Phi) is 6.63. The minimum Gasteiger partial charge on any atom is -0.444 e. The minimum absolute atomic E-state index is 0.267. The number of benzene rings is 1. The Morgan fingerprint density at radius 1 is 1.07 bits per heavy atom. The molecule has 0 bridgehead atoms. The van der Waals surface area contributed by atoms with Crippen LogP contribution < -0.4 is 5.32 Å². The molecule has 4 rings (SSSR count). The molecule has 2 aromatic rings. The van der Waals surface area contributed by atoms with Gasteiger partial charge in [0.15, 0.2) is 5.96 Å². The van der Waals surface area contributed by atoms with Crippen LogP contribution in [-0.4, -0.2) is 84.4 Å². The lowest BCUT2D eigenvalue weighted by Gasteiger charge is -2.36. The van der Waals surface area contributed by atoms with Crippen LogP contribution in [0.5, 0.6) is 0 Å². The number of amides is 1. The first-order valence-electron chi connectivity index (χ1n) is 10.7. The third-order valence-electron chi connectivity index (χ3n) is 5.70. The maximum absolute atomic E-state index is 12.4. The summed E-state index contributed by atoms with van der Waals surface area (Å²) >= 11 is 0. The van der Waals surface area contributed by atoms with E-state index in [4.69, 9.17) is 4.42 Å². The molecule has 30 heavy (non-hydrogen) atoms. The van der Waals surface area contributed by atoms with E-state index in [1.165, 1.54) is 0 Å². The number of rotatable bonds is 5. The van der Waals surface area contributed by atoms with E-state index in [2.05, 4.69) is 25.1 Å². The normalized spacial score (nSPS) is 18.1. The summed E-state index contributed by atoms with van der Waals surface area (Å²) in [6.45, 7) is 6.34. The molecule has 0 aliphatic carbocycles. The molecule has 0 atom stereocenters. The van der Waals surface area contributed by atoms with Crippen molar-refractivity contribution in [2.45, 2.75) is 19.4 Å². The van der Waals surface area contributed by atoms with Crippen molar-refractivity contribution in [1.82, 2.24) is 25.0 Å². The molecular formula is C22H30N6O2. The van der Waals surface area contributed by atoms with Gasteiger partial charge in [-0.2, -0.15) is 0 Å². The number of hydrogen-bond acceptors (Lipinski definition) is 5. The molecule has 2 fully saturated rings. The van der Waals surface area contributed by atoms with Crippen molar-refractivity contribution in [3.05, 3.63) is 42.3 Å². The molecule has 3 heterocycles. The van der Waals surface area contributed by atoms with Gasteiger partial charge in [-0.15, -0.1) is 0 Å². The molecule has 0 radical (unpaired) electrons.